The van der Waals surface area contributed by atoms with Crippen molar-refractivity contribution < 1.29 is 9.26 Å². The predicted octanol–water partition coefficient (Wildman–Crippen LogP) is 4.40. The largest absolute Gasteiger partial charge is 0.494 e. The lowest BCUT2D eigenvalue weighted by Gasteiger charge is -2.23. The van der Waals surface area contributed by atoms with Gasteiger partial charge in [0.05, 0.1) is 13.2 Å². The molecule has 140 valence electrons. The van der Waals surface area contributed by atoms with E-state index >= 15 is 0 Å². The minimum Gasteiger partial charge on any atom is -0.494 e. The summed E-state index contributed by atoms with van der Waals surface area (Å²) in [5.74, 6) is 2.36. The zero-order chi connectivity index (χ0) is 18.5. The van der Waals surface area contributed by atoms with E-state index in [2.05, 4.69) is 51.4 Å². The van der Waals surface area contributed by atoms with Crippen molar-refractivity contribution in [3.05, 3.63) is 77.4 Å². The first-order valence-electron chi connectivity index (χ1n) is 9.64. The van der Waals surface area contributed by atoms with Crippen LogP contribution in [0.2, 0.25) is 0 Å². The Labute approximate surface area is 160 Å². The van der Waals surface area contributed by atoms with E-state index in [1.165, 1.54) is 17.5 Å². The van der Waals surface area contributed by atoms with Crippen molar-refractivity contribution in [3.8, 4) is 5.75 Å². The molecule has 1 aliphatic heterocycles. The first-order valence-corrected chi connectivity index (χ1v) is 9.64. The van der Waals surface area contributed by atoms with E-state index in [1.54, 1.807) is 0 Å². The predicted molar refractivity (Wildman–Crippen MR) is 104 cm³/mol. The van der Waals surface area contributed by atoms with Gasteiger partial charge in [-0.25, -0.2) is 0 Å². The summed E-state index contributed by atoms with van der Waals surface area (Å²) in [6.07, 6.45) is 3.04. The fourth-order valence-electron chi connectivity index (χ4n) is 3.72. The van der Waals surface area contributed by atoms with Crippen molar-refractivity contribution in [2.24, 2.45) is 0 Å². The number of benzene rings is 2. The number of likely N-dealkylation sites (tertiary alicyclic amines) is 1. The van der Waals surface area contributed by atoms with Crippen molar-refractivity contribution in [2.75, 3.05) is 13.2 Å². The smallest absolute Gasteiger partial charge is 0.240 e. The maximum atomic E-state index is 5.55. The molecule has 0 saturated carbocycles. The van der Waals surface area contributed by atoms with Gasteiger partial charge in [-0.3, -0.25) is 4.90 Å². The molecular weight excluding hydrogens is 338 g/mol. The van der Waals surface area contributed by atoms with E-state index in [4.69, 9.17) is 9.26 Å². The molecule has 5 heteroatoms. The van der Waals surface area contributed by atoms with Crippen molar-refractivity contribution >= 4 is 0 Å². The van der Waals surface area contributed by atoms with Gasteiger partial charge in [0.25, 0.3) is 0 Å². The van der Waals surface area contributed by atoms with Crippen molar-refractivity contribution in [2.45, 2.75) is 38.8 Å². The van der Waals surface area contributed by atoms with E-state index in [-0.39, 0.29) is 0 Å². The molecule has 1 aliphatic rings. The number of aromatic nitrogens is 2. The van der Waals surface area contributed by atoms with Gasteiger partial charge in [-0.1, -0.05) is 47.6 Å². The Morgan fingerprint density at radius 2 is 1.93 bits per heavy atom. The van der Waals surface area contributed by atoms with Crippen molar-refractivity contribution in [1.82, 2.24) is 15.0 Å². The third kappa shape index (κ3) is 4.37. The molecule has 1 saturated heterocycles. The first kappa shape index (κ1) is 17.7. The highest BCUT2D eigenvalue weighted by molar-refractivity contribution is 5.29. The third-order valence-electron chi connectivity index (χ3n) is 4.99. The minimum absolute atomic E-state index is 0.394. The second-order valence-corrected chi connectivity index (χ2v) is 6.90. The quantitative estimate of drug-likeness (QED) is 0.623. The van der Waals surface area contributed by atoms with Gasteiger partial charge in [-0.15, -0.1) is 0 Å². The molecule has 1 atom stereocenters. The zero-order valence-electron chi connectivity index (χ0n) is 15.7. The maximum absolute atomic E-state index is 5.55. The van der Waals surface area contributed by atoms with Crippen LogP contribution in [-0.4, -0.2) is 28.2 Å². The zero-order valence-corrected chi connectivity index (χ0v) is 15.7. The molecule has 4 rings (SSSR count). The topological polar surface area (TPSA) is 51.4 Å². The second-order valence-electron chi connectivity index (χ2n) is 6.90. The SMILES string of the molecule is CCOc1ccc(C2CCCN2Cc2nc(Cc3ccccc3)no2)cc1. The Kier molecular flexibility index (Phi) is 5.49. The molecule has 2 aromatic carbocycles. The highest BCUT2D eigenvalue weighted by Gasteiger charge is 2.27. The molecule has 0 aliphatic carbocycles. The Morgan fingerprint density at radius 3 is 2.70 bits per heavy atom. The summed E-state index contributed by atoms with van der Waals surface area (Å²) in [4.78, 5) is 7.02. The average Bonchev–Trinajstić information content (AvgIpc) is 3.33. The summed E-state index contributed by atoms with van der Waals surface area (Å²) in [7, 11) is 0. The molecule has 5 nitrogen and oxygen atoms in total. The fourth-order valence-corrected chi connectivity index (χ4v) is 3.72. The fraction of sp³-hybridized carbons (Fsp3) is 0.364. The van der Waals surface area contributed by atoms with E-state index in [9.17, 15) is 0 Å². The standard InChI is InChI=1S/C22H25N3O2/c1-2-26-19-12-10-18(11-13-19)20-9-6-14-25(20)16-22-23-21(24-27-22)15-17-7-4-3-5-8-17/h3-5,7-8,10-13,20H,2,6,9,14-16H2,1H3. The van der Waals surface area contributed by atoms with Crippen LogP contribution in [0.15, 0.2) is 59.1 Å². The van der Waals surface area contributed by atoms with E-state index < -0.39 is 0 Å². The van der Waals surface area contributed by atoms with Gasteiger partial charge in [0, 0.05) is 12.5 Å². The average molecular weight is 363 g/mol. The Hall–Kier alpha value is -2.66. The van der Waals surface area contributed by atoms with Gasteiger partial charge < -0.3 is 9.26 Å². The number of nitrogens with zero attached hydrogens (tertiary/aromatic N) is 3. The van der Waals surface area contributed by atoms with Crippen LogP contribution in [0.3, 0.4) is 0 Å². The molecular formula is C22H25N3O2. The van der Waals surface area contributed by atoms with Gasteiger partial charge in [-0.2, -0.15) is 4.98 Å². The van der Waals surface area contributed by atoms with E-state index in [1.807, 2.05) is 25.1 Å². The van der Waals surface area contributed by atoms with Crippen LogP contribution in [0, 0.1) is 0 Å². The molecule has 0 radical (unpaired) electrons. The van der Waals surface area contributed by atoms with Crippen LogP contribution in [0.1, 0.15) is 48.6 Å². The Morgan fingerprint density at radius 1 is 1.11 bits per heavy atom. The maximum Gasteiger partial charge on any atom is 0.240 e. The number of hydrogen-bond acceptors (Lipinski definition) is 5. The lowest BCUT2D eigenvalue weighted by atomic mass is 10.0. The van der Waals surface area contributed by atoms with Crippen LogP contribution in [0.25, 0.3) is 0 Å². The lowest BCUT2D eigenvalue weighted by Crippen LogP contribution is -2.23. The first-order chi connectivity index (χ1) is 13.3. The van der Waals surface area contributed by atoms with Crippen LogP contribution in [0.5, 0.6) is 5.75 Å². The molecule has 1 fully saturated rings. The van der Waals surface area contributed by atoms with Crippen LogP contribution >= 0.6 is 0 Å². The van der Waals surface area contributed by atoms with Crippen LogP contribution in [-0.2, 0) is 13.0 Å². The van der Waals surface area contributed by atoms with Gasteiger partial charge in [-0.05, 0) is 49.6 Å². The summed E-state index contributed by atoms with van der Waals surface area (Å²) in [6.45, 7) is 4.44. The summed E-state index contributed by atoms with van der Waals surface area (Å²) in [6, 6.07) is 19.1. The van der Waals surface area contributed by atoms with Crippen molar-refractivity contribution in [1.29, 1.82) is 0 Å². The summed E-state index contributed by atoms with van der Waals surface area (Å²) in [5.41, 5.74) is 2.51. The normalized spacial score (nSPS) is 17.3. The monoisotopic (exact) mass is 363 g/mol. The molecule has 2 heterocycles. The molecule has 1 aromatic heterocycles. The summed E-state index contributed by atoms with van der Waals surface area (Å²) in [5, 5.41) is 4.15. The van der Waals surface area contributed by atoms with E-state index in [0.717, 1.165) is 24.5 Å². The summed E-state index contributed by atoms with van der Waals surface area (Å²) >= 11 is 0. The van der Waals surface area contributed by atoms with Gasteiger partial charge in [0.15, 0.2) is 5.82 Å². The molecule has 1 unspecified atom stereocenters. The Balaban J connectivity index is 1.41. The number of hydrogen-bond donors (Lipinski definition) is 0. The highest BCUT2D eigenvalue weighted by atomic mass is 16.5. The van der Waals surface area contributed by atoms with Gasteiger partial charge in [0.1, 0.15) is 5.75 Å². The minimum atomic E-state index is 0.394. The molecule has 0 N–H and O–H groups in total. The van der Waals surface area contributed by atoms with Crippen LogP contribution < -0.4 is 4.74 Å². The molecule has 0 spiro atoms. The third-order valence-corrected chi connectivity index (χ3v) is 4.99. The van der Waals surface area contributed by atoms with Crippen molar-refractivity contribution in [3.63, 3.8) is 0 Å². The highest BCUT2D eigenvalue weighted by Crippen LogP contribution is 2.33. The molecule has 0 bridgehead atoms. The van der Waals surface area contributed by atoms with Gasteiger partial charge >= 0.3 is 0 Å². The molecule has 27 heavy (non-hydrogen) atoms. The molecule has 0 amide bonds. The Bertz CT molecular complexity index is 846. The lowest BCUT2D eigenvalue weighted by molar-refractivity contribution is 0.212. The number of rotatable bonds is 7. The van der Waals surface area contributed by atoms with Crippen LogP contribution in [0.4, 0.5) is 0 Å². The summed E-state index contributed by atoms with van der Waals surface area (Å²) < 4.78 is 11.1. The molecule has 3 aromatic rings. The van der Waals surface area contributed by atoms with Gasteiger partial charge in [0.2, 0.25) is 5.89 Å². The second kappa shape index (κ2) is 8.35. The van der Waals surface area contributed by atoms with E-state index in [0.29, 0.717) is 31.5 Å². The number of ether oxygens (including phenoxy) is 1.